The first-order chi connectivity index (χ1) is 12.7. The highest BCUT2D eigenvalue weighted by Gasteiger charge is 2.08. The van der Waals surface area contributed by atoms with Crippen molar-refractivity contribution in [2.75, 3.05) is 0 Å². The summed E-state index contributed by atoms with van der Waals surface area (Å²) in [4.78, 5) is 27.0. The van der Waals surface area contributed by atoms with Crippen LogP contribution in [0.15, 0.2) is 58.4 Å². The number of hydrogen-bond acceptors (Lipinski definition) is 3. The molecule has 0 spiro atoms. The molecule has 2 heterocycles. The monoisotopic (exact) mass is 446 g/mol. The lowest BCUT2D eigenvalue weighted by Gasteiger charge is -2.13. The number of halogens is 3. The fourth-order valence-electron chi connectivity index (χ4n) is 2.75. The van der Waals surface area contributed by atoms with E-state index in [1.807, 2.05) is 30.5 Å². The SMILES string of the molecule is O=P(Cl)(Cl)Cl.O=c1cc2c(c[nH]1)CCCC2.O=c1cc2ccccc2c[nH]1. The Balaban J connectivity index is 0.000000157. The Morgan fingerprint density at radius 3 is 1.96 bits per heavy atom. The van der Waals surface area contributed by atoms with Crippen molar-refractivity contribution in [2.45, 2.75) is 25.7 Å². The third-order valence-electron chi connectivity index (χ3n) is 3.90. The summed E-state index contributed by atoms with van der Waals surface area (Å²) in [6, 6.07) is 11.1. The molecule has 0 amide bonds. The molecule has 0 saturated heterocycles. The lowest BCUT2D eigenvalue weighted by molar-refractivity contribution is 0.600. The van der Waals surface area contributed by atoms with Crippen molar-refractivity contribution >= 4 is 49.7 Å². The van der Waals surface area contributed by atoms with Gasteiger partial charge in [-0.15, -0.1) is 0 Å². The Bertz CT molecular complexity index is 1050. The molecule has 0 bridgehead atoms. The molecule has 144 valence electrons. The molecular weight excluding hydrogens is 430 g/mol. The topological polar surface area (TPSA) is 82.8 Å². The van der Waals surface area contributed by atoms with Gasteiger partial charge < -0.3 is 9.97 Å². The van der Waals surface area contributed by atoms with Gasteiger partial charge in [0.1, 0.15) is 0 Å². The van der Waals surface area contributed by atoms with Crippen LogP contribution in [-0.2, 0) is 17.4 Å². The van der Waals surface area contributed by atoms with Gasteiger partial charge in [-0.2, -0.15) is 0 Å². The Labute approximate surface area is 170 Å². The minimum atomic E-state index is -3.22. The van der Waals surface area contributed by atoms with E-state index in [0.29, 0.717) is 0 Å². The van der Waals surface area contributed by atoms with E-state index in [2.05, 4.69) is 43.7 Å². The highest BCUT2D eigenvalue weighted by atomic mass is 36.0. The zero-order valence-electron chi connectivity index (χ0n) is 14.3. The maximum atomic E-state index is 10.9. The molecule has 1 aromatic carbocycles. The summed E-state index contributed by atoms with van der Waals surface area (Å²) < 4.78 is 9.51. The lowest BCUT2D eigenvalue weighted by Crippen LogP contribution is -2.11. The zero-order valence-corrected chi connectivity index (χ0v) is 17.4. The summed E-state index contributed by atoms with van der Waals surface area (Å²) in [7, 11) is 0. The molecule has 27 heavy (non-hydrogen) atoms. The number of nitrogens with one attached hydrogen (secondary N) is 2. The maximum absolute atomic E-state index is 10.9. The van der Waals surface area contributed by atoms with Crippen LogP contribution in [0.1, 0.15) is 24.0 Å². The van der Waals surface area contributed by atoms with E-state index >= 15 is 0 Å². The standard InChI is InChI=1S/C9H11NO.C9H7NO.Cl3OP/c2*11-9-5-7-3-1-2-4-8(7)6-10-9;1-5(2,3)4/h5-6H,1-4H2,(H,10,11);1-6H,(H,10,11);. The summed E-state index contributed by atoms with van der Waals surface area (Å²) in [5.41, 5.74) is 2.56. The first-order valence-electron chi connectivity index (χ1n) is 8.19. The van der Waals surface area contributed by atoms with E-state index in [9.17, 15) is 14.2 Å². The predicted octanol–water partition coefficient (Wildman–Crippen LogP) is 5.59. The van der Waals surface area contributed by atoms with Crippen molar-refractivity contribution in [3.8, 4) is 0 Å². The van der Waals surface area contributed by atoms with Crippen LogP contribution in [0.25, 0.3) is 10.8 Å². The third-order valence-corrected chi connectivity index (χ3v) is 3.90. The number of benzene rings is 1. The Morgan fingerprint density at radius 2 is 1.30 bits per heavy atom. The second-order valence-electron chi connectivity index (χ2n) is 5.88. The van der Waals surface area contributed by atoms with Gasteiger partial charge in [0.25, 0.3) is 0 Å². The minimum absolute atomic E-state index is 0.0330. The molecule has 2 aromatic heterocycles. The van der Waals surface area contributed by atoms with E-state index < -0.39 is 5.20 Å². The number of fused-ring (bicyclic) bond motifs is 2. The minimum Gasteiger partial charge on any atom is -0.329 e. The van der Waals surface area contributed by atoms with E-state index in [1.54, 1.807) is 18.3 Å². The number of pyridine rings is 2. The molecule has 0 fully saturated rings. The largest absolute Gasteiger partial charge is 0.339 e. The lowest BCUT2D eigenvalue weighted by atomic mass is 9.94. The first-order valence-corrected chi connectivity index (χ1v) is 12.6. The molecule has 5 nitrogen and oxygen atoms in total. The van der Waals surface area contributed by atoms with Gasteiger partial charge >= 0.3 is 5.20 Å². The molecule has 0 saturated carbocycles. The Kier molecular flexibility index (Phi) is 8.18. The van der Waals surface area contributed by atoms with Gasteiger partial charge in [0.15, 0.2) is 0 Å². The first kappa shape index (κ1) is 21.8. The molecule has 9 heteroatoms. The van der Waals surface area contributed by atoms with Crippen LogP contribution in [0.4, 0.5) is 0 Å². The Hall–Kier alpha value is -1.52. The van der Waals surface area contributed by atoms with E-state index in [0.717, 1.165) is 23.6 Å². The summed E-state index contributed by atoms with van der Waals surface area (Å²) in [6.07, 6.45) is 8.29. The average Bonchev–Trinajstić information content (AvgIpc) is 2.60. The van der Waals surface area contributed by atoms with E-state index in [4.69, 9.17) is 0 Å². The number of hydrogen-bond donors (Lipinski definition) is 2. The molecule has 4 rings (SSSR count). The van der Waals surface area contributed by atoms with Crippen molar-refractivity contribution in [2.24, 2.45) is 0 Å². The molecular formula is C18H18Cl3N2O3P. The summed E-state index contributed by atoms with van der Waals surface area (Å²) >= 11 is 13.8. The summed E-state index contributed by atoms with van der Waals surface area (Å²) in [6.45, 7) is 0. The second-order valence-corrected chi connectivity index (χ2v) is 12.5. The predicted molar refractivity (Wildman–Crippen MR) is 113 cm³/mol. The van der Waals surface area contributed by atoms with Crippen molar-refractivity contribution < 1.29 is 4.57 Å². The van der Waals surface area contributed by atoms with Gasteiger partial charge in [-0.1, -0.05) is 24.3 Å². The average molecular weight is 448 g/mol. The van der Waals surface area contributed by atoms with E-state index in [-0.39, 0.29) is 11.1 Å². The smallest absolute Gasteiger partial charge is 0.329 e. The van der Waals surface area contributed by atoms with Crippen LogP contribution < -0.4 is 11.1 Å². The van der Waals surface area contributed by atoms with Crippen molar-refractivity contribution in [1.82, 2.24) is 9.97 Å². The maximum Gasteiger partial charge on any atom is 0.339 e. The van der Waals surface area contributed by atoms with Crippen LogP contribution >= 0.6 is 38.9 Å². The van der Waals surface area contributed by atoms with Crippen molar-refractivity contribution in [1.29, 1.82) is 0 Å². The van der Waals surface area contributed by atoms with Gasteiger partial charge in [0.2, 0.25) is 11.1 Å². The molecule has 0 atom stereocenters. The Morgan fingerprint density at radius 1 is 0.778 bits per heavy atom. The van der Waals surface area contributed by atoms with Crippen LogP contribution in [0.2, 0.25) is 0 Å². The van der Waals surface area contributed by atoms with Gasteiger partial charge in [-0.05, 0) is 81.3 Å². The fraction of sp³-hybridized carbons (Fsp3) is 0.222. The van der Waals surface area contributed by atoms with Crippen LogP contribution in [0, 0.1) is 0 Å². The molecule has 3 aromatic rings. The highest BCUT2D eigenvalue weighted by molar-refractivity contribution is 8.24. The van der Waals surface area contributed by atoms with Gasteiger partial charge in [0, 0.05) is 24.5 Å². The van der Waals surface area contributed by atoms with Gasteiger partial charge in [-0.3, -0.25) is 14.2 Å². The molecule has 1 aliphatic carbocycles. The normalized spacial score (nSPS) is 12.9. The summed E-state index contributed by atoms with van der Waals surface area (Å²) in [5.74, 6) is 0. The van der Waals surface area contributed by atoms with Crippen molar-refractivity contribution in [3.05, 3.63) is 80.6 Å². The zero-order chi connectivity index (χ0) is 19.9. The third kappa shape index (κ3) is 8.35. The van der Waals surface area contributed by atoms with Crippen molar-refractivity contribution in [3.63, 3.8) is 0 Å². The molecule has 2 N–H and O–H groups in total. The van der Waals surface area contributed by atoms with Crippen LogP contribution in [0.3, 0.4) is 0 Å². The second kappa shape index (κ2) is 10.1. The number of rotatable bonds is 0. The van der Waals surface area contributed by atoms with Crippen LogP contribution in [-0.4, -0.2) is 9.97 Å². The summed E-state index contributed by atoms with van der Waals surface area (Å²) in [5, 5.41) is -1.18. The number of H-pyrrole nitrogens is 2. The quantitative estimate of drug-likeness (QED) is 0.440. The number of aromatic nitrogens is 2. The molecule has 0 radical (unpaired) electrons. The number of aromatic amines is 2. The van der Waals surface area contributed by atoms with E-state index in [1.165, 1.54) is 24.0 Å². The van der Waals surface area contributed by atoms with Gasteiger partial charge in [0.05, 0.1) is 0 Å². The molecule has 0 unspecified atom stereocenters. The van der Waals surface area contributed by atoms with Crippen LogP contribution in [0.5, 0.6) is 0 Å². The number of aryl methyl sites for hydroxylation is 2. The highest BCUT2D eigenvalue weighted by Crippen LogP contribution is 2.61. The molecule has 0 aliphatic heterocycles. The fourth-order valence-corrected chi connectivity index (χ4v) is 2.75. The molecule has 1 aliphatic rings. The van der Waals surface area contributed by atoms with Gasteiger partial charge in [-0.25, -0.2) is 0 Å².